The fourth-order valence-electron chi connectivity index (χ4n) is 5.00. The number of hydrogen-bond acceptors (Lipinski definition) is 5. The van der Waals surface area contributed by atoms with Gasteiger partial charge in [0.05, 0.1) is 16.7 Å². The van der Waals surface area contributed by atoms with Gasteiger partial charge in [-0.3, -0.25) is 19.0 Å². The summed E-state index contributed by atoms with van der Waals surface area (Å²) in [6.45, 7) is 6.34. The molecule has 0 aliphatic heterocycles. The minimum atomic E-state index is -0.446. The minimum absolute atomic E-state index is 0.0752. The first kappa shape index (κ1) is 26.6. The molecule has 1 aromatic heterocycles. The van der Waals surface area contributed by atoms with Crippen molar-refractivity contribution in [1.29, 1.82) is 0 Å². The number of fused-ring (bicyclic) bond motifs is 1. The van der Waals surface area contributed by atoms with E-state index in [2.05, 4.69) is 11.4 Å². The Morgan fingerprint density at radius 1 is 1.11 bits per heavy atom. The van der Waals surface area contributed by atoms with Crippen molar-refractivity contribution >= 4 is 34.4 Å². The average molecular weight is 510 g/mol. The molecule has 7 heteroatoms. The molecule has 0 radical (unpaired) electrons. The van der Waals surface area contributed by atoms with Crippen molar-refractivity contribution < 1.29 is 9.59 Å². The van der Waals surface area contributed by atoms with Crippen molar-refractivity contribution in [3.05, 3.63) is 45.8 Å². The molecule has 2 aliphatic rings. The highest BCUT2D eigenvalue weighted by molar-refractivity contribution is 7.99. The number of nitrogens with one attached hydrogen (secondary N) is 1. The number of hydrogen-bond donors (Lipinski definition) is 1. The molecule has 1 saturated carbocycles. The van der Waals surface area contributed by atoms with E-state index in [1.165, 1.54) is 36.6 Å². The van der Waals surface area contributed by atoms with Gasteiger partial charge in [-0.2, -0.15) is 0 Å². The van der Waals surface area contributed by atoms with Crippen LogP contribution < -0.4 is 10.9 Å². The SMILES string of the molecule is CC(C)(C)C(=O)CSc1nc2cc(C(=O)NCCC3=CCCCC3)ccc2c(=O)n1C1CCCCC1. The third-order valence-electron chi connectivity index (χ3n) is 7.36. The molecule has 2 aromatic rings. The predicted octanol–water partition coefficient (Wildman–Crippen LogP) is 6.23. The number of benzene rings is 1. The zero-order valence-corrected chi connectivity index (χ0v) is 22.7. The van der Waals surface area contributed by atoms with Crippen molar-refractivity contribution in [2.24, 2.45) is 5.41 Å². The van der Waals surface area contributed by atoms with E-state index in [9.17, 15) is 14.4 Å². The molecule has 1 heterocycles. The number of ketones is 1. The number of allylic oxidation sites excluding steroid dienone is 1. The van der Waals surface area contributed by atoms with E-state index in [4.69, 9.17) is 4.98 Å². The average Bonchev–Trinajstić information content (AvgIpc) is 2.87. The molecule has 194 valence electrons. The minimum Gasteiger partial charge on any atom is -0.352 e. The fraction of sp³-hybridized carbons (Fsp3) is 0.586. The highest BCUT2D eigenvalue weighted by atomic mass is 32.2. The molecular weight excluding hydrogens is 470 g/mol. The van der Waals surface area contributed by atoms with Crippen LogP contribution in [-0.4, -0.2) is 33.5 Å². The molecule has 0 unspecified atom stereocenters. The Labute approximate surface area is 218 Å². The fourth-order valence-corrected chi connectivity index (χ4v) is 6.23. The Bertz CT molecular complexity index is 1200. The Morgan fingerprint density at radius 3 is 2.58 bits per heavy atom. The first-order valence-electron chi connectivity index (χ1n) is 13.4. The summed E-state index contributed by atoms with van der Waals surface area (Å²) in [7, 11) is 0. The van der Waals surface area contributed by atoms with Crippen molar-refractivity contribution in [1.82, 2.24) is 14.9 Å². The number of carbonyl (C=O) groups is 2. The second-order valence-electron chi connectivity index (χ2n) is 11.2. The second kappa shape index (κ2) is 11.8. The second-order valence-corrected chi connectivity index (χ2v) is 12.1. The van der Waals surface area contributed by atoms with E-state index in [-0.39, 0.29) is 29.0 Å². The van der Waals surface area contributed by atoms with Crippen molar-refractivity contribution in [2.75, 3.05) is 12.3 Å². The highest BCUT2D eigenvalue weighted by Crippen LogP contribution is 2.32. The van der Waals surface area contributed by atoms with Gasteiger partial charge in [0.2, 0.25) is 0 Å². The van der Waals surface area contributed by atoms with Gasteiger partial charge >= 0.3 is 0 Å². The third kappa shape index (κ3) is 6.47. The van der Waals surface area contributed by atoms with Gasteiger partial charge in [-0.05, 0) is 63.1 Å². The van der Waals surface area contributed by atoms with Crippen molar-refractivity contribution in [2.45, 2.75) is 96.2 Å². The first-order chi connectivity index (χ1) is 17.2. The molecule has 6 nitrogen and oxygen atoms in total. The smallest absolute Gasteiger partial charge is 0.262 e. The molecule has 4 rings (SSSR count). The lowest BCUT2D eigenvalue weighted by Crippen LogP contribution is -2.30. The lowest BCUT2D eigenvalue weighted by atomic mass is 9.92. The van der Waals surface area contributed by atoms with Crippen molar-refractivity contribution in [3.8, 4) is 0 Å². The first-order valence-corrected chi connectivity index (χ1v) is 14.4. The Hall–Kier alpha value is -2.41. The van der Waals surface area contributed by atoms with Gasteiger partial charge in [-0.15, -0.1) is 0 Å². The number of carbonyl (C=O) groups excluding carboxylic acids is 2. The van der Waals surface area contributed by atoms with Gasteiger partial charge in [0, 0.05) is 23.6 Å². The summed E-state index contributed by atoms with van der Waals surface area (Å²) in [6.07, 6.45) is 13.2. The summed E-state index contributed by atoms with van der Waals surface area (Å²) >= 11 is 1.34. The van der Waals surface area contributed by atoms with Gasteiger partial charge in [0.1, 0.15) is 5.78 Å². The number of rotatable bonds is 8. The Kier molecular flexibility index (Phi) is 8.70. The lowest BCUT2D eigenvalue weighted by molar-refractivity contribution is -0.123. The summed E-state index contributed by atoms with van der Waals surface area (Å²) in [5.41, 5.74) is 1.92. The standard InChI is InChI=1S/C29H39N3O3S/c1-29(2,3)25(33)19-36-28-31-24-18-21(26(34)30-17-16-20-10-6-4-7-11-20)14-15-23(24)27(35)32(28)22-12-8-5-9-13-22/h10,14-15,18,22H,4-9,11-13,16-17,19H2,1-3H3,(H,30,34). The molecule has 1 amide bonds. The molecule has 0 spiro atoms. The van der Waals surface area contributed by atoms with E-state index in [1.54, 1.807) is 18.2 Å². The van der Waals surface area contributed by atoms with Crippen LogP contribution in [0.15, 0.2) is 39.8 Å². The largest absolute Gasteiger partial charge is 0.352 e. The molecule has 0 atom stereocenters. The van der Waals surface area contributed by atoms with Crippen LogP contribution in [0.2, 0.25) is 0 Å². The molecule has 0 bridgehead atoms. The van der Waals surface area contributed by atoms with Crippen LogP contribution in [0.1, 0.15) is 101 Å². The zero-order chi connectivity index (χ0) is 25.7. The van der Waals surface area contributed by atoms with Crippen LogP contribution in [-0.2, 0) is 4.79 Å². The quantitative estimate of drug-likeness (QED) is 0.259. The van der Waals surface area contributed by atoms with Crippen LogP contribution in [0.3, 0.4) is 0 Å². The van der Waals surface area contributed by atoms with Gasteiger partial charge < -0.3 is 5.32 Å². The van der Waals surface area contributed by atoms with E-state index >= 15 is 0 Å². The van der Waals surface area contributed by atoms with Gasteiger partial charge in [0.15, 0.2) is 5.16 Å². The highest BCUT2D eigenvalue weighted by Gasteiger charge is 2.25. The maximum atomic E-state index is 13.6. The molecular formula is C29H39N3O3S. The van der Waals surface area contributed by atoms with Crippen LogP contribution in [0.4, 0.5) is 0 Å². The van der Waals surface area contributed by atoms with E-state index in [0.717, 1.165) is 44.9 Å². The Balaban J connectivity index is 1.59. The van der Waals surface area contributed by atoms with E-state index in [0.29, 0.717) is 28.2 Å². The number of nitrogens with zero attached hydrogens (tertiary/aromatic N) is 2. The van der Waals surface area contributed by atoms with E-state index < -0.39 is 5.41 Å². The molecule has 2 aliphatic carbocycles. The summed E-state index contributed by atoms with van der Waals surface area (Å²) in [4.78, 5) is 44.0. The summed E-state index contributed by atoms with van der Waals surface area (Å²) in [5.74, 6) is 0.242. The summed E-state index contributed by atoms with van der Waals surface area (Å²) in [6, 6.07) is 5.28. The molecule has 1 N–H and O–H groups in total. The molecule has 1 aromatic carbocycles. The molecule has 1 fully saturated rings. The van der Waals surface area contributed by atoms with Crippen molar-refractivity contribution in [3.63, 3.8) is 0 Å². The third-order valence-corrected chi connectivity index (χ3v) is 8.31. The van der Waals surface area contributed by atoms with Gasteiger partial charge in [-0.25, -0.2) is 4.98 Å². The van der Waals surface area contributed by atoms with Crippen LogP contribution in [0.5, 0.6) is 0 Å². The number of aromatic nitrogens is 2. The van der Waals surface area contributed by atoms with Gasteiger partial charge in [-0.1, -0.05) is 63.4 Å². The number of Topliss-reactive ketones (excluding diaryl/α,β-unsaturated/α-hetero) is 1. The number of thioether (sulfide) groups is 1. The topological polar surface area (TPSA) is 81.1 Å². The van der Waals surface area contributed by atoms with Gasteiger partial charge in [0.25, 0.3) is 11.5 Å². The summed E-state index contributed by atoms with van der Waals surface area (Å²) < 4.78 is 1.82. The maximum Gasteiger partial charge on any atom is 0.262 e. The zero-order valence-electron chi connectivity index (χ0n) is 21.9. The lowest BCUT2D eigenvalue weighted by Gasteiger charge is -2.26. The summed E-state index contributed by atoms with van der Waals surface area (Å²) in [5, 5.41) is 4.13. The van der Waals surface area contributed by atoms with Crippen LogP contribution >= 0.6 is 11.8 Å². The van der Waals surface area contributed by atoms with Crippen LogP contribution in [0.25, 0.3) is 10.9 Å². The monoisotopic (exact) mass is 509 g/mol. The number of amides is 1. The van der Waals surface area contributed by atoms with E-state index in [1.807, 2.05) is 25.3 Å². The molecule has 0 saturated heterocycles. The Morgan fingerprint density at radius 2 is 1.89 bits per heavy atom. The molecule has 36 heavy (non-hydrogen) atoms. The van der Waals surface area contributed by atoms with Crippen LogP contribution in [0, 0.1) is 5.41 Å². The maximum absolute atomic E-state index is 13.6. The predicted molar refractivity (Wildman–Crippen MR) is 147 cm³/mol. The normalized spacial score (nSPS) is 17.1.